The van der Waals surface area contributed by atoms with Crippen LogP contribution < -0.4 is 5.32 Å². The lowest BCUT2D eigenvalue weighted by Gasteiger charge is -2.18. The molecule has 4 nitrogen and oxygen atoms in total. The molecule has 0 atom stereocenters. The molecule has 0 fully saturated rings. The van der Waals surface area contributed by atoms with E-state index in [1.807, 2.05) is 0 Å². The number of aliphatic carboxylic acids is 1. The van der Waals surface area contributed by atoms with Gasteiger partial charge in [0.15, 0.2) is 0 Å². The molecular weight excluding hydrogens is 319 g/mol. The van der Waals surface area contributed by atoms with Gasteiger partial charge in [-0.25, -0.2) is 0 Å². The van der Waals surface area contributed by atoms with Gasteiger partial charge in [-0.05, 0) is 56.3 Å². The number of carbonyl (C=O) groups is 2. The number of rotatable bonds is 6. The lowest BCUT2D eigenvalue weighted by Crippen LogP contribution is -2.31. The Balaban J connectivity index is 2.55. The number of nitrogens with one attached hydrogen (secondary N) is 1. The molecule has 1 aromatic rings. The van der Waals surface area contributed by atoms with Crippen LogP contribution in [-0.4, -0.2) is 29.0 Å². The second kappa shape index (κ2) is 7.04. The molecule has 0 aliphatic heterocycles. The van der Waals surface area contributed by atoms with E-state index >= 15 is 0 Å². The summed E-state index contributed by atoms with van der Waals surface area (Å²) in [6.45, 7) is 3.26. The second-order valence-corrected chi connectivity index (χ2v) is 6.41. The Kier molecular flexibility index (Phi) is 5.87. The fourth-order valence-electron chi connectivity index (χ4n) is 1.51. The van der Waals surface area contributed by atoms with Crippen molar-refractivity contribution in [1.82, 2.24) is 5.32 Å². The number of thioether (sulfide) groups is 1. The van der Waals surface area contributed by atoms with Crippen molar-refractivity contribution in [3.63, 3.8) is 0 Å². The van der Waals surface area contributed by atoms with Crippen molar-refractivity contribution in [2.75, 3.05) is 6.54 Å². The second-order valence-electron chi connectivity index (χ2n) is 5.27. The largest absolute Gasteiger partial charge is 0.481 e. The number of alkyl halides is 3. The number of carboxylic acids is 1. The predicted octanol–water partition coefficient (Wildman–Crippen LogP) is 3.53. The Morgan fingerprint density at radius 1 is 1.18 bits per heavy atom. The van der Waals surface area contributed by atoms with Crippen LogP contribution in [0.3, 0.4) is 0 Å². The minimum Gasteiger partial charge on any atom is -0.481 e. The van der Waals surface area contributed by atoms with Crippen LogP contribution in [0.2, 0.25) is 0 Å². The maximum absolute atomic E-state index is 12.2. The molecule has 0 radical (unpaired) electrons. The van der Waals surface area contributed by atoms with Gasteiger partial charge < -0.3 is 10.4 Å². The quantitative estimate of drug-likeness (QED) is 0.781. The topological polar surface area (TPSA) is 66.4 Å². The third-order valence-corrected chi connectivity index (χ3v) is 3.70. The number of amides is 1. The summed E-state index contributed by atoms with van der Waals surface area (Å²) in [6.07, 6.45) is 0.246. The molecule has 22 heavy (non-hydrogen) atoms. The zero-order valence-corrected chi connectivity index (χ0v) is 12.8. The van der Waals surface area contributed by atoms with Gasteiger partial charge in [0, 0.05) is 17.0 Å². The molecule has 2 N–H and O–H groups in total. The molecular formula is C14H16F3NO3S. The molecule has 1 aromatic carbocycles. The Bertz CT molecular complexity index is 541. The lowest BCUT2D eigenvalue weighted by molar-refractivity contribution is -0.147. The maximum Gasteiger partial charge on any atom is 0.446 e. The average Bonchev–Trinajstić information content (AvgIpc) is 2.37. The highest BCUT2D eigenvalue weighted by Gasteiger charge is 2.29. The number of hydrogen-bond acceptors (Lipinski definition) is 3. The van der Waals surface area contributed by atoms with Gasteiger partial charge in [-0.2, -0.15) is 13.2 Å². The van der Waals surface area contributed by atoms with Gasteiger partial charge in [0.05, 0.1) is 5.41 Å². The number of halogens is 3. The van der Waals surface area contributed by atoms with E-state index in [0.717, 1.165) is 0 Å². The summed E-state index contributed by atoms with van der Waals surface area (Å²) in [5, 5.41) is 11.5. The smallest absolute Gasteiger partial charge is 0.446 e. The highest BCUT2D eigenvalue weighted by Crippen LogP contribution is 2.36. The van der Waals surface area contributed by atoms with E-state index in [4.69, 9.17) is 5.11 Å². The number of benzene rings is 1. The molecule has 122 valence electrons. The first-order valence-corrected chi connectivity index (χ1v) is 7.20. The van der Waals surface area contributed by atoms with Crippen molar-refractivity contribution >= 4 is 23.6 Å². The summed E-state index contributed by atoms with van der Waals surface area (Å²) in [6, 6.07) is 5.03. The van der Waals surface area contributed by atoms with Crippen LogP contribution in [0, 0.1) is 5.41 Å². The molecule has 0 bridgehead atoms. The van der Waals surface area contributed by atoms with Crippen molar-refractivity contribution in [3.8, 4) is 0 Å². The Hall–Kier alpha value is -1.70. The number of hydrogen-bond donors (Lipinski definition) is 2. The number of carbonyl (C=O) groups excluding carboxylic acids is 1. The molecule has 8 heteroatoms. The van der Waals surface area contributed by atoms with Gasteiger partial charge in [-0.3, -0.25) is 9.59 Å². The first-order valence-electron chi connectivity index (χ1n) is 6.39. The first kappa shape index (κ1) is 18.3. The zero-order chi connectivity index (χ0) is 17.0. The normalized spacial score (nSPS) is 12.0. The fourth-order valence-corrected chi connectivity index (χ4v) is 2.04. The van der Waals surface area contributed by atoms with Crippen LogP contribution in [0.4, 0.5) is 13.2 Å². The van der Waals surface area contributed by atoms with E-state index < -0.39 is 22.8 Å². The van der Waals surface area contributed by atoms with E-state index in [2.05, 4.69) is 5.32 Å². The van der Waals surface area contributed by atoms with E-state index in [9.17, 15) is 22.8 Å². The Morgan fingerprint density at radius 2 is 1.73 bits per heavy atom. The molecule has 0 unspecified atom stereocenters. The first-order chi connectivity index (χ1) is 10.0. The number of carboxylic acid groups (broad SMARTS) is 1. The highest BCUT2D eigenvalue weighted by molar-refractivity contribution is 8.00. The van der Waals surface area contributed by atoms with Crippen LogP contribution in [0.5, 0.6) is 0 Å². The van der Waals surface area contributed by atoms with Gasteiger partial charge in [-0.1, -0.05) is 0 Å². The molecule has 0 aliphatic rings. The SMILES string of the molecule is CC(C)(CCNC(=O)c1ccc(SC(F)(F)F)cc1)C(=O)O. The average molecular weight is 335 g/mol. The third-order valence-electron chi connectivity index (χ3n) is 2.96. The Labute approximate surface area is 130 Å². The molecule has 0 heterocycles. The minimum atomic E-state index is -4.37. The summed E-state index contributed by atoms with van der Waals surface area (Å²) in [4.78, 5) is 22.7. The maximum atomic E-state index is 12.2. The molecule has 0 aliphatic carbocycles. The van der Waals surface area contributed by atoms with Crippen molar-refractivity contribution in [1.29, 1.82) is 0 Å². The summed E-state index contributed by atoms with van der Waals surface area (Å²) in [7, 11) is 0. The molecule has 1 amide bonds. The predicted molar refractivity (Wildman–Crippen MR) is 76.7 cm³/mol. The van der Waals surface area contributed by atoms with E-state index in [-0.39, 0.29) is 35.2 Å². The summed E-state index contributed by atoms with van der Waals surface area (Å²) in [5.41, 5.74) is -5.10. The van der Waals surface area contributed by atoms with Gasteiger partial charge in [0.25, 0.3) is 5.91 Å². The van der Waals surface area contributed by atoms with Gasteiger partial charge in [-0.15, -0.1) is 0 Å². The summed E-state index contributed by atoms with van der Waals surface area (Å²) in [5.74, 6) is -1.42. The van der Waals surface area contributed by atoms with Crippen LogP contribution in [-0.2, 0) is 4.79 Å². The molecule has 0 saturated carbocycles. The molecule has 1 rings (SSSR count). The summed E-state index contributed by atoms with van der Waals surface area (Å²) < 4.78 is 36.5. The van der Waals surface area contributed by atoms with Crippen molar-refractivity contribution in [2.45, 2.75) is 30.7 Å². The molecule has 0 aromatic heterocycles. The zero-order valence-electron chi connectivity index (χ0n) is 12.0. The van der Waals surface area contributed by atoms with Gasteiger partial charge in [0.2, 0.25) is 0 Å². The van der Waals surface area contributed by atoms with E-state index in [1.165, 1.54) is 24.3 Å². The Morgan fingerprint density at radius 3 is 2.18 bits per heavy atom. The van der Waals surface area contributed by atoms with Gasteiger partial charge in [0.1, 0.15) is 0 Å². The van der Waals surface area contributed by atoms with Crippen LogP contribution >= 0.6 is 11.8 Å². The monoisotopic (exact) mass is 335 g/mol. The van der Waals surface area contributed by atoms with Crippen molar-refractivity contribution in [2.24, 2.45) is 5.41 Å². The van der Waals surface area contributed by atoms with E-state index in [1.54, 1.807) is 13.8 Å². The van der Waals surface area contributed by atoms with Crippen molar-refractivity contribution < 1.29 is 27.9 Å². The fraction of sp³-hybridized carbons (Fsp3) is 0.429. The van der Waals surface area contributed by atoms with Crippen LogP contribution in [0.25, 0.3) is 0 Å². The third kappa shape index (κ3) is 5.97. The van der Waals surface area contributed by atoms with Crippen molar-refractivity contribution in [3.05, 3.63) is 29.8 Å². The van der Waals surface area contributed by atoms with E-state index in [0.29, 0.717) is 0 Å². The molecule has 0 spiro atoms. The van der Waals surface area contributed by atoms with Crippen LogP contribution in [0.1, 0.15) is 30.6 Å². The highest BCUT2D eigenvalue weighted by atomic mass is 32.2. The summed E-state index contributed by atoms with van der Waals surface area (Å²) >= 11 is -0.251. The van der Waals surface area contributed by atoms with Crippen LogP contribution in [0.15, 0.2) is 29.2 Å². The standard InChI is InChI=1S/C14H16F3NO3S/c1-13(2,12(20)21)7-8-18-11(19)9-3-5-10(6-4-9)22-14(15,16)17/h3-6H,7-8H2,1-2H3,(H,18,19)(H,20,21). The minimum absolute atomic E-state index is 0.00365. The molecule has 0 saturated heterocycles. The van der Waals surface area contributed by atoms with Gasteiger partial charge >= 0.3 is 11.5 Å². The lowest BCUT2D eigenvalue weighted by atomic mass is 9.90.